The standard InChI is InChI=1S/C22H24F2N3O3S2/c1-11(2)19-15(14(12-5-6-12)7-13(10-25)20(19)24)8-18(28)26-32(30)27-21-16(23)9-17(31-21)22(3,4)29/h7,9,11-12,29H,5-6,8H2,1-4H3,(H,26,27,28,30)/q-1. The average Bonchev–Trinajstić information content (AvgIpc) is 3.44. The first kappa shape index (κ1) is 24.3. The molecule has 32 heavy (non-hydrogen) atoms. The molecule has 0 spiro atoms. The van der Waals surface area contributed by atoms with Gasteiger partial charge in [0.2, 0.25) is 5.91 Å². The number of nitrogens with one attached hydrogen (secondary N) is 1. The van der Waals surface area contributed by atoms with Crippen LogP contribution in [0, 0.1) is 23.0 Å². The number of nitrogens with zero attached hydrogens (tertiary/aromatic N) is 2. The fourth-order valence-electron chi connectivity index (χ4n) is 3.50. The minimum atomic E-state index is -2.26. The van der Waals surface area contributed by atoms with Gasteiger partial charge in [0.05, 0.1) is 17.6 Å². The summed E-state index contributed by atoms with van der Waals surface area (Å²) >= 11 is 0.872. The monoisotopic (exact) mass is 480 g/mol. The maximum atomic E-state index is 14.9. The number of benzene rings is 1. The minimum Gasteiger partial charge on any atom is -0.424 e. The zero-order valence-electron chi connectivity index (χ0n) is 18.2. The molecule has 2 aromatic rings. The highest BCUT2D eigenvalue weighted by molar-refractivity contribution is 7.76. The highest BCUT2D eigenvalue weighted by Crippen LogP contribution is 2.44. The van der Waals surface area contributed by atoms with Crippen molar-refractivity contribution in [3.63, 3.8) is 0 Å². The van der Waals surface area contributed by atoms with E-state index in [1.165, 1.54) is 19.9 Å². The smallest absolute Gasteiger partial charge is 0.228 e. The zero-order chi connectivity index (χ0) is 23.8. The van der Waals surface area contributed by atoms with Crippen molar-refractivity contribution in [3.8, 4) is 6.07 Å². The maximum absolute atomic E-state index is 14.9. The molecular formula is C22H24F2N3O3S2-. The summed E-state index contributed by atoms with van der Waals surface area (Å²) in [5.74, 6) is -2.22. The van der Waals surface area contributed by atoms with Gasteiger partial charge in [-0.2, -0.15) is 5.26 Å². The Morgan fingerprint density at radius 2 is 2.06 bits per heavy atom. The van der Waals surface area contributed by atoms with Crippen molar-refractivity contribution < 1.29 is 22.9 Å². The Hall–Kier alpha value is -2.35. The first-order valence-corrected chi connectivity index (χ1v) is 12.0. The molecule has 0 aliphatic heterocycles. The number of hydrogen-bond acceptors (Lipinski definition) is 6. The van der Waals surface area contributed by atoms with Crippen molar-refractivity contribution in [3.05, 3.63) is 50.9 Å². The van der Waals surface area contributed by atoms with E-state index in [0.717, 1.165) is 35.8 Å². The number of rotatable bonds is 7. The van der Waals surface area contributed by atoms with E-state index in [2.05, 4.69) is 9.08 Å². The van der Waals surface area contributed by atoms with E-state index in [1.54, 1.807) is 13.8 Å². The third-order valence-electron chi connectivity index (χ3n) is 5.14. The van der Waals surface area contributed by atoms with Crippen LogP contribution in [0.4, 0.5) is 13.8 Å². The summed E-state index contributed by atoms with van der Waals surface area (Å²) in [6.45, 7) is 6.54. The molecule has 0 unspecified atom stereocenters. The van der Waals surface area contributed by atoms with Crippen LogP contribution < -0.4 is 4.72 Å². The Balaban J connectivity index is 1.88. The van der Waals surface area contributed by atoms with Gasteiger partial charge in [-0.15, -0.1) is 11.3 Å². The summed E-state index contributed by atoms with van der Waals surface area (Å²) in [7, 11) is -2.26. The number of aliphatic hydroxyl groups is 1. The number of carbonyl (C=O) groups excluding carboxylic acids is 1. The lowest BCUT2D eigenvalue weighted by molar-refractivity contribution is -0.117. The number of anilines is 1. The molecule has 1 aliphatic carbocycles. The van der Waals surface area contributed by atoms with Crippen molar-refractivity contribution in [2.75, 3.05) is 4.72 Å². The number of carbonyl (C=O) groups is 1. The second-order valence-corrected chi connectivity index (χ2v) is 10.6. The van der Waals surface area contributed by atoms with E-state index in [4.69, 9.17) is 0 Å². The molecule has 0 radical (unpaired) electrons. The second kappa shape index (κ2) is 9.25. The number of thiophene rings is 1. The Labute approximate surface area is 191 Å². The van der Waals surface area contributed by atoms with Gasteiger partial charge in [0.1, 0.15) is 16.9 Å². The van der Waals surface area contributed by atoms with E-state index in [0.29, 0.717) is 16.0 Å². The van der Waals surface area contributed by atoms with Crippen LogP contribution >= 0.6 is 11.3 Å². The molecule has 2 N–H and O–H groups in total. The van der Waals surface area contributed by atoms with Crippen LogP contribution in [0.25, 0.3) is 0 Å². The fourth-order valence-corrected chi connectivity index (χ4v) is 5.22. The SMILES string of the molecule is CC(C)c1c(F)c(C#N)cc(C2CC2)c1CC(=O)N=[S-](=O)Nc1sc(C(C)(C)O)cc1F. The lowest BCUT2D eigenvalue weighted by atomic mass is 9.87. The normalized spacial score (nSPS) is 15.1. The molecule has 1 aromatic carbocycles. The lowest BCUT2D eigenvalue weighted by Gasteiger charge is -2.19. The highest BCUT2D eigenvalue weighted by atomic mass is 32.2. The van der Waals surface area contributed by atoms with Crippen LogP contribution in [0.1, 0.15) is 79.5 Å². The Bertz CT molecular complexity index is 1180. The van der Waals surface area contributed by atoms with Crippen molar-refractivity contribution >= 4 is 33.0 Å². The summed E-state index contributed by atoms with van der Waals surface area (Å²) in [5.41, 5.74) is 0.216. The number of amides is 1. The summed E-state index contributed by atoms with van der Waals surface area (Å²) in [6.07, 6.45) is 1.51. The Morgan fingerprint density at radius 1 is 1.41 bits per heavy atom. The van der Waals surface area contributed by atoms with Gasteiger partial charge in [0.25, 0.3) is 0 Å². The fraction of sp³-hybridized carbons (Fsp3) is 0.455. The van der Waals surface area contributed by atoms with Crippen molar-refractivity contribution in [1.82, 2.24) is 0 Å². The van der Waals surface area contributed by atoms with E-state index in [9.17, 15) is 28.2 Å². The van der Waals surface area contributed by atoms with Crippen LogP contribution in [0.2, 0.25) is 0 Å². The van der Waals surface area contributed by atoms with Gasteiger partial charge in [-0.1, -0.05) is 24.6 Å². The first-order valence-electron chi connectivity index (χ1n) is 10.1. The number of halogens is 2. The third kappa shape index (κ3) is 5.34. The van der Waals surface area contributed by atoms with Crippen LogP contribution in [0.15, 0.2) is 16.5 Å². The van der Waals surface area contributed by atoms with Gasteiger partial charge < -0.3 is 18.4 Å². The topological polar surface area (TPSA) is 103 Å². The molecule has 1 aliphatic rings. The molecule has 0 bridgehead atoms. The highest BCUT2D eigenvalue weighted by Gasteiger charge is 2.31. The Morgan fingerprint density at radius 3 is 2.56 bits per heavy atom. The largest absolute Gasteiger partial charge is 0.424 e. The number of hydrogen-bond donors (Lipinski definition) is 2. The van der Waals surface area contributed by atoms with E-state index in [1.807, 2.05) is 6.07 Å². The maximum Gasteiger partial charge on any atom is 0.228 e. The second-order valence-electron chi connectivity index (χ2n) is 8.62. The van der Waals surface area contributed by atoms with Gasteiger partial charge >= 0.3 is 0 Å². The van der Waals surface area contributed by atoms with Gasteiger partial charge in [-0.25, -0.2) is 8.78 Å². The lowest BCUT2D eigenvalue weighted by Crippen LogP contribution is -2.12. The van der Waals surface area contributed by atoms with E-state index < -0.39 is 33.9 Å². The molecule has 10 heteroatoms. The van der Waals surface area contributed by atoms with Gasteiger partial charge in [-0.05, 0) is 67.3 Å². The van der Waals surface area contributed by atoms with Gasteiger partial charge in [-0.3, -0.25) is 4.79 Å². The minimum absolute atomic E-state index is 0.0511. The van der Waals surface area contributed by atoms with E-state index in [-0.39, 0.29) is 28.8 Å². The molecule has 1 heterocycles. The third-order valence-corrected chi connectivity index (χ3v) is 7.36. The zero-order valence-corrected chi connectivity index (χ0v) is 19.8. The molecule has 1 saturated carbocycles. The predicted molar refractivity (Wildman–Crippen MR) is 120 cm³/mol. The molecule has 1 fully saturated rings. The summed E-state index contributed by atoms with van der Waals surface area (Å²) < 4.78 is 47.2. The molecule has 0 saturated heterocycles. The molecular weight excluding hydrogens is 456 g/mol. The van der Waals surface area contributed by atoms with E-state index >= 15 is 0 Å². The molecule has 1 amide bonds. The van der Waals surface area contributed by atoms with Gasteiger partial charge in [0, 0.05) is 4.88 Å². The molecule has 1 aromatic heterocycles. The van der Waals surface area contributed by atoms with Crippen molar-refractivity contribution in [1.29, 1.82) is 5.26 Å². The van der Waals surface area contributed by atoms with Crippen LogP contribution in [0.3, 0.4) is 0 Å². The molecule has 172 valence electrons. The summed E-state index contributed by atoms with van der Waals surface area (Å²) in [4.78, 5) is 12.9. The van der Waals surface area contributed by atoms with Crippen LogP contribution in [-0.4, -0.2) is 11.0 Å². The number of nitriles is 1. The summed E-state index contributed by atoms with van der Waals surface area (Å²) in [6, 6.07) is 4.50. The van der Waals surface area contributed by atoms with Crippen LogP contribution in [0.5, 0.6) is 0 Å². The first-order chi connectivity index (χ1) is 14.9. The quantitative estimate of drug-likeness (QED) is 0.520. The Kier molecular flexibility index (Phi) is 7.03. The average molecular weight is 481 g/mol. The molecule has 0 atom stereocenters. The van der Waals surface area contributed by atoms with Crippen molar-refractivity contribution in [2.24, 2.45) is 4.36 Å². The molecule has 6 nitrogen and oxygen atoms in total. The van der Waals surface area contributed by atoms with Crippen molar-refractivity contribution in [2.45, 2.75) is 64.4 Å². The summed E-state index contributed by atoms with van der Waals surface area (Å²) in [5, 5.41) is 19.2. The van der Waals surface area contributed by atoms with Crippen LogP contribution in [-0.2, 0) is 31.8 Å². The van der Waals surface area contributed by atoms with Gasteiger partial charge in [0.15, 0.2) is 5.82 Å². The molecule has 3 rings (SSSR count). The predicted octanol–water partition coefficient (Wildman–Crippen LogP) is 5.37.